The van der Waals surface area contributed by atoms with E-state index in [1.165, 1.54) is 12.0 Å². The minimum absolute atomic E-state index is 0.0181. The van der Waals surface area contributed by atoms with Gasteiger partial charge in [0, 0.05) is 24.7 Å². The number of methoxy groups -OCH3 is 1. The number of hydrogen-bond donors (Lipinski definition) is 0. The van der Waals surface area contributed by atoms with Crippen molar-refractivity contribution in [2.75, 3.05) is 13.7 Å². The maximum atomic E-state index is 12.9. The minimum Gasteiger partial charge on any atom is -0.469 e. The summed E-state index contributed by atoms with van der Waals surface area (Å²) in [6.07, 6.45) is 3.35. The molecule has 26 heavy (non-hydrogen) atoms. The highest BCUT2D eigenvalue weighted by molar-refractivity contribution is 5.96. The minimum atomic E-state index is -0.780. The maximum absolute atomic E-state index is 12.9. The summed E-state index contributed by atoms with van der Waals surface area (Å²) in [4.78, 5) is 46.3. The summed E-state index contributed by atoms with van der Waals surface area (Å²) < 4.78 is 4.59. The number of nitro benzene ring substituents is 2. The quantitative estimate of drug-likeness (QED) is 0.411. The molecular weight excluding hydrogens is 346 g/mol. The molecule has 10 heteroatoms. The van der Waals surface area contributed by atoms with Gasteiger partial charge in [0.1, 0.15) is 0 Å². The number of nitrogens with zero attached hydrogens (tertiary/aromatic N) is 3. The van der Waals surface area contributed by atoms with E-state index in [0.29, 0.717) is 0 Å². The Morgan fingerprint density at radius 2 is 1.65 bits per heavy atom. The Morgan fingerprint density at radius 3 is 2.12 bits per heavy atom. The lowest BCUT2D eigenvalue weighted by Gasteiger charge is -2.28. The first kappa shape index (κ1) is 19.3. The normalized spacial score (nSPS) is 14.0. The van der Waals surface area contributed by atoms with Gasteiger partial charge in [0.15, 0.2) is 0 Å². The van der Waals surface area contributed by atoms with E-state index in [1.54, 1.807) is 0 Å². The van der Waals surface area contributed by atoms with Gasteiger partial charge in [0.25, 0.3) is 17.3 Å². The van der Waals surface area contributed by atoms with Crippen LogP contribution in [0, 0.1) is 20.2 Å². The van der Waals surface area contributed by atoms with Gasteiger partial charge in [0.05, 0.1) is 35.0 Å². The molecule has 0 atom stereocenters. The van der Waals surface area contributed by atoms with E-state index in [1.807, 2.05) is 0 Å². The first-order chi connectivity index (χ1) is 12.3. The van der Waals surface area contributed by atoms with Gasteiger partial charge >= 0.3 is 5.97 Å². The van der Waals surface area contributed by atoms with E-state index in [4.69, 9.17) is 0 Å². The highest BCUT2D eigenvalue weighted by Gasteiger charge is 2.30. The number of ether oxygens (including phenoxy) is 1. The second kappa shape index (κ2) is 8.37. The fourth-order valence-electron chi connectivity index (χ4n) is 3.07. The number of benzene rings is 1. The molecule has 0 aromatic heterocycles. The number of non-ortho nitro benzene ring substituents is 2. The fourth-order valence-corrected chi connectivity index (χ4v) is 3.07. The van der Waals surface area contributed by atoms with Crippen molar-refractivity contribution in [1.82, 2.24) is 4.90 Å². The molecule has 0 saturated heterocycles. The van der Waals surface area contributed by atoms with Gasteiger partial charge < -0.3 is 9.64 Å². The van der Waals surface area contributed by atoms with Gasteiger partial charge in [-0.05, 0) is 12.8 Å². The number of carbonyl (C=O) groups is 2. The van der Waals surface area contributed by atoms with Crippen molar-refractivity contribution >= 4 is 23.3 Å². The Labute approximate surface area is 149 Å². The van der Waals surface area contributed by atoms with Gasteiger partial charge in [-0.1, -0.05) is 12.8 Å². The third-order valence-electron chi connectivity index (χ3n) is 4.38. The summed E-state index contributed by atoms with van der Waals surface area (Å²) in [5.41, 5.74) is -1.19. The summed E-state index contributed by atoms with van der Waals surface area (Å²) >= 11 is 0. The van der Waals surface area contributed by atoms with Crippen molar-refractivity contribution in [3.05, 3.63) is 44.0 Å². The van der Waals surface area contributed by atoms with Crippen molar-refractivity contribution in [2.45, 2.75) is 38.1 Å². The van der Waals surface area contributed by atoms with Crippen molar-refractivity contribution in [3.63, 3.8) is 0 Å². The zero-order chi connectivity index (χ0) is 19.3. The van der Waals surface area contributed by atoms with Crippen LogP contribution < -0.4 is 0 Å². The molecule has 0 spiro atoms. The van der Waals surface area contributed by atoms with Gasteiger partial charge in [0.2, 0.25) is 0 Å². The van der Waals surface area contributed by atoms with Crippen molar-refractivity contribution in [2.24, 2.45) is 0 Å². The molecule has 1 fully saturated rings. The summed E-state index contributed by atoms with van der Waals surface area (Å²) in [5.74, 6) is -1.04. The Kier molecular flexibility index (Phi) is 6.21. The Hall–Kier alpha value is -3.04. The first-order valence-corrected chi connectivity index (χ1v) is 8.15. The predicted octanol–water partition coefficient (Wildman–Crippen LogP) is 2.45. The van der Waals surface area contributed by atoms with E-state index < -0.39 is 33.1 Å². The molecule has 1 amide bonds. The van der Waals surface area contributed by atoms with Crippen LogP contribution in [-0.4, -0.2) is 46.3 Å². The molecule has 140 valence electrons. The summed E-state index contributed by atoms with van der Waals surface area (Å²) in [7, 11) is 1.24. The third-order valence-corrected chi connectivity index (χ3v) is 4.38. The van der Waals surface area contributed by atoms with E-state index >= 15 is 0 Å². The predicted molar refractivity (Wildman–Crippen MR) is 89.7 cm³/mol. The Morgan fingerprint density at radius 1 is 1.12 bits per heavy atom. The molecule has 1 saturated carbocycles. The van der Waals surface area contributed by atoms with Crippen molar-refractivity contribution in [3.8, 4) is 0 Å². The summed E-state index contributed by atoms with van der Waals surface area (Å²) in [6.45, 7) is 0.0899. The SMILES string of the molecule is COC(=O)CCN(C(=O)c1cc([N+](=O)[O-])cc([N+](=O)[O-])c1)C1CCCC1. The number of rotatable bonds is 7. The molecule has 0 heterocycles. The smallest absolute Gasteiger partial charge is 0.307 e. The molecule has 1 aromatic rings. The number of amides is 1. The molecule has 0 N–H and O–H groups in total. The van der Waals surface area contributed by atoms with Crippen LogP contribution in [0.5, 0.6) is 0 Å². The molecule has 0 unspecified atom stereocenters. The maximum Gasteiger partial charge on any atom is 0.307 e. The topological polar surface area (TPSA) is 133 Å². The molecule has 0 radical (unpaired) electrons. The van der Waals surface area contributed by atoms with Crippen molar-refractivity contribution in [1.29, 1.82) is 0 Å². The van der Waals surface area contributed by atoms with Crippen molar-refractivity contribution < 1.29 is 24.2 Å². The highest BCUT2D eigenvalue weighted by Crippen LogP contribution is 2.28. The lowest BCUT2D eigenvalue weighted by atomic mass is 10.1. The van der Waals surface area contributed by atoms with Gasteiger partial charge in [-0.25, -0.2) is 0 Å². The number of carbonyl (C=O) groups excluding carboxylic acids is 2. The van der Waals surface area contributed by atoms with Crippen LogP contribution >= 0.6 is 0 Å². The molecule has 2 rings (SSSR count). The standard InChI is InChI=1S/C16H19N3O7/c1-26-15(20)6-7-17(12-4-2-3-5-12)16(21)11-8-13(18(22)23)10-14(9-11)19(24)25/h8-10,12H,2-7H2,1H3. The largest absolute Gasteiger partial charge is 0.469 e. The Bertz CT molecular complexity index is 696. The summed E-state index contributed by atoms with van der Waals surface area (Å²) in [5, 5.41) is 22.1. The zero-order valence-electron chi connectivity index (χ0n) is 14.3. The van der Waals surface area contributed by atoms with Gasteiger partial charge in [-0.15, -0.1) is 0 Å². The molecule has 1 aliphatic rings. The summed E-state index contributed by atoms with van der Waals surface area (Å²) in [6, 6.07) is 2.75. The van der Waals surface area contributed by atoms with Crippen LogP contribution in [0.15, 0.2) is 18.2 Å². The number of hydrogen-bond acceptors (Lipinski definition) is 7. The van der Waals surface area contributed by atoms with E-state index in [2.05, 4.69) is 4.74 Å². The average molecular weight is 365 g/mol. The van der Waals surface area contributed by atoms with Crippen LogP contribution in [0.3, 0.4) is 0 Å². The molecule has 1 aromatic carbocycles. The molecule has 0 aliphatic heterocycles. The monoisotopic (exact) mass is 365 g/mol. The van der Waals surface area contributed by atoms with Gasteiger partial charge in [-0.3, -0.25) is 29.8 Å². The third kappa shape index (κ3) is 4.52. The van der Waals surface area contributed by atoms with Crippen LogP contribution in [0.1, 0.15) is 42.5 Å². The zero-order valence-corrected chi connectivity index (χ0v) is 14.3. The molecule has 0 bridgehead atoms. The van der Waals surface area contributed by atoms with E-state index in [0.717, 1.165) is 43.9 Å². The number of esters is 1. The highest BCUT2D eigenvalue weighted by atomic mass is 16.6. The van der Waals surface area contributed by atoms with Crippen LogP contribution in [0.25, 0.3) is 0 Å². The molecule has 10 nitrogen and oxygen atoms in total. The first-order valence-electron chi connectivity index (χ1n) is 8.15. The average Bonchev–Trinajstić information content (AvgIpc) is 3.15. The van der Waals surface area contributed by atoms with E-state index in [-0.39, 0.29) is 24.6 Å². The second-order valence-electron chi connectivity index (χ2n) is 6.02. The number of nitro groups is 2. The lowest BCUT2D eigenvalue weighted by Crippen LogP contribution is -2.40. The second-order valence-corrected chi connectivity index (χ2v) is 6.02. The van der Waals surface area contributed by atoms with Crippen LogP contribution in [-0.2, 0) is 9.53 Å². The molecular formula is C16H19N3O7. The van der Waals surface area contributed by atoms with Crippen LogP contribution in [0.2, 0.25) is 0 Å². The fraction of sp³-hybridized carbons (Fsp3) is 0.500. The van der Waals surface area contributed by atoms with E-state index in [9.17, 15) is 29.8 Å². The van der Waals surface area contributed by atoms with Crippen LogP contribution in [0.4, 0.5) is 11.4 Å². The van der Waals surface area contributed by atoms with Gasteiger partial charge in [-0.2, -0.15) is 0 Å². The Balaban J connectivity index is 2.35. The lowest BCUT2D eigenvalue weighted by molar-refractivity contribution is -0.394. The molecule has 1 aliphatic carbocycles.